The molecule has 8 nitrogen and oxygen atoms in total. The maximum atomic E-state index is 12.3. The van der Waals surface area contributed by atoms with Crippen molar-refractivity contribution in [2.24, 2.45) is 23.5 Å². The molecular formula is C27H47ClN2O6S. The van der Waals surface area contributed by atoms with Crippen molar-refractivity contribution in [2.75, 3.05) is 20.3 Å². The predicted molar refractivity (Wildman–Crippen MR) is 152 cm³/mol. The minimum absolute atomic E-state index is 0. The average molecular weight is 563 g/mol. The molecule has 0 spiro atoms. The maximum Gasteiger partial charge on any atom is 0.222 e. The molecule has 4 atom stereocenters. The van der Waals surface area contributed by atoms with Crippen LogP contribution >= 0.6 is 12.4 Å². The normalized spacial score (nSPS) is 14.2. The van der Waals surface area contributed by atoms with Gasteiger partial charge < -0.3 is 25.6 Å². The summed E-state index contributed by atoms with van der Waals surface area (Å²) in [6.07, 6.45) is 3.18. The Morgan fingerprint density at radius 2 is 1.84 bits per heavy atom. The molecule has 10 heteroatoms. The van der Waals surface area contributed by atoms with Gasteiger partial charge in [-0.25, -0.2) is 0 Å². The number of aliphatic hydroxyl groups is 1. The van der Waals surface area contributed by atoms with Crippen molar-refractivity contribution in [3.05, 3.63) is 23.8 Å². The van der Waals surface area contributed by atoms with E-state index in [9.17, 15) is 18.3 Å². The molecule has 37 heavy (non-hydrogen) atoms. The Bertz CT molecular complexity index is 946. The van der Waals surface area contributed by atoms with Crippen molar-refractivity contribution in [1.82, 2.24) is 5.32 Å². The Kier molecular flexibility index (Phi) is 17.5. The highest BCUT2D eigenvalue weighted by Crippen LogP contribution is 2.31. The van der Waals surface area contributed by atoms with Gasteiger partial charge in [0.1, 0.15) is 0 Å². The number of rotatable bonds is 17. The summed E-state index contributed by atoms with van der Waals surface area (Å²) >= 11 is 0. The molecule has 1 amide bonds. The fourth-order valence-electron chi connectivity index (χ4n) is 3.96. The highest BCUT2D eigenvalue weighted by Gasteiger charge is 2.26. The number of halogens is 1. The molecule has 1 aromatic carbocycles. The van der Waals surface area contributed by atoms with Crippen LogP contribution < -0.4 is 20.5 Å². The van der Waals surface area contributed by atoms with Crippen LogP contribution in [-0.2, 0) is 21.5 Å². The number of ether oxygens (including phenoxy) is 2. The average Bonchev–Trinajstić information content (AvgIpc) is 2.83. The van der Waals surface area contributed by atoms with Gasteiger partial charge in [0, 0.05) is 29.8 Å². The van der Waals surface area contributed by atoms with Gasteiger partial charge in [-0.1, -0.05) is 40.2 Å². The van der Waals surface area contributed by atoms with Gasteiger partial charge in [-0.3, -0.25) is 4.79 Å². The first-order valence-electron chi connectivity index (χ1n) is 12.9. The van der Waals surface area contributed by atoms with Gasteiger partial charge in [0.25, 0.3) is 0 Å². The van der Waals surface area contributed by atoms with Crippen molar-refractivity contribution in [3.63, 3.8) is 0 Å². The third-order valence-corrected chi connectivity index (χ3v) is 7.38. The number of hydrogen-bond donors (Lipinski definition) is 3. The summed E-state index contributed by atoms with van der Waals surface area (Å²) in [5.41, 5.74) is 7.44. The van der Waals surface area contributed by atoms with E-state index in [-0.39, 0.29) is 36.8 Å². The van der Waals surface area contributed by atoms with E-state index >= 15 is 0 Å². The molecule has 1 rings (SSSR count). The number of carbonyl (C=O) groups is 1. The van der Waals surface area contributed by atoms with Crippen LogP contribution in [-0.4, -0.2) is 56.7 Å². The molecule has 0 radical (unpaired) electrons. The molecule has 0 saturated heterocycles. The van der Waals surface area contributed by atoms with E-state index in [2.05, 4.69) is 26.1 Å². The molecule has 0 aliphatic heterocycles. The molecule has 0 fully saturated rings. The summed E-state index contributed by atoms with van der Waals surface area (Å²) in [6, 6.07) is 5.31. The largest absolute Gasteiger partial charge is 0.493 e. The molecule has 0 unspecified atom stereocenters. The summed E-state index contributed by atoms with van der Waals surface area (Å²) in [7, 11) is -0.647. The molecule has 214 valence electrons. The van der Waals surface area contributed by atoms with Crippen molar-refractivity contribution in [1.29, 1.82) is 0 Å². The second kappa shape index (κ2) is 18.4. The van der Waals surface area contributed by atoms with E-state index in [0.29, 0.717) is 48.1 Å². The molecule has 1 aromatic rings. The van der Waals surface area contributed by atoms with E-state index in [1.165, 1.54) is 0 Å². The summed E-state index contributed by atoms with van der Waals surface area (Å²) in [5, 5.41) is 13.6. The van der Waals surface area contributed by atoms with Crippen molar-refractivity contribution >= 4 is 33.5 Å². The zero-order chi connectivity index (χ0) is 27.3. The number of benzene rings is 1. The second-order valence-corrected chi connectivity index (χ2v) is 11.1. The molecule has 4 N–H and O–H groups in total. The molecule has 0 saturated carbocycles. The van der Waals surface area contributed by atoms with Crippen LogP contribution in [0.25, 0.3) is 0 Å². The third-order valence-electron chi connectivity index (χ3n) is 6.61. The lowest BCUT2D eigenvalue weighted by atomic mass is 9.82. The Morgan fingerprint density at radius 3 is 2.41 bits per heavy atom. The van der Waals surface area contributed by atoms with E-state index in [4.69, 9.17) is 15.2 Å². The first-order valence-corrected chi connectivity index (χ1v) is 14.0. The number of hydrogen-bond acceptors (Lipinski definition) is 7. The van der Waals surface area contributed by atoms with Crippen molar-refractivity contribution in [2.45, 2.75) is 85.3 Å². The Labute approximate surface area is 230 Å². The monoisotopic (exact) mass is 562 g/mol. The van der Waals surface area contributed by atoms with Crippen LogP contribution in [0.3, 0.4) is 0 Å². The Balaban J connectivity index is 0.0000130. The van der Waals surface area contributed by atoms with E-state index < -0.39 is 22.4 Å². The molecule has 0 bridgehead atoms. The van der Waals surface area contributed by atoms with Crippen LogP contribution in [0.2, 0.25) is 0 Å². The van der Waals surface area contributed by atoms with Crippen LogP contribution in [0.5, 0.6) is 11.5 Å². The number of unbranched alkanes of at least 4 members (excludes halogenated alkanes) is 1. The summed E-state index contributed by atoms with van der Waals surface area (Å²) in [4.78, 5) is 12.6. The lowest BCUT2D eigenvalue weighted by Gasteiger charge is -2.28. The van der Waals surface area contributed by atoms with Crippen LogP contribution in [0, 0.1) is 17.8 Å². The first-order chi connectivity index (χ1) is 17.0. The van der Waals surface area contributed by atoms with Gasteiger partial charge in [-0.05, 0) is 62.1 Å². The smallest absolute Gasteiger partial charge is 0.222 e. The minimum Gasteiger partial charge on any atom is -0.493 e. The fourth-order valence-corrected chi connectivity index (χ4v) is 4.21. The zero-order valence-corrected chi connectivity index (χ0v) is 24.8. The lowest BCUT2D eigenvalue weighted by Crippen LogP contribution is -2.41. The fraction of sp³-hybridized carbons (Fsp3) is 0.704. The van der Waals surface area contributed by atoms with Gasteiger partial charge in [-0.2, -0.15) is 8.42 Å². The van der Waals surface area contributed by atoms with Gasteiger partial charge >= 0.3 is 0 Å². The lowest BCUT2D eigenvalue weighted by molar-refractivity contribution is -0.125. The number of carbonyl (C=O) groups excluding carboxylic acids is 1. The van der Waals surface area contributed by atoms with Crippen LogP contribution in [0.15, 0.2) is 18.2 Å². The van der Waals surface area contributed by atoms with Gasteiger partial charge in [-0.15, -0.1) is 12.4 Å². The third kappa shape index (κ3) is 13.0. The van der Waals surface area contributed by atoms with Crippen molar-refractivity contribution in [3.8, 4) is 11.5 Å². The van der Waals surface area contributed by atoms with Gasteiger partial charge in [0.15, 0.2) is 11.5 Å². The minimum atomic E-state index is -2.21. The molecule has 0 aliphatic carbocycles. The van der Waals surface area contributed by atoms with Crippen molar-refractivity contribution < 1.29 is 27.8 Å². The number of amides is 1. The number of aliphatic hydroxyl groups excluding tert-OH is 1. The quantitative estimate of drug-likeness (QED) is 0.195. The zero-order valence-electron chi connectivity index (χ0n) is 23.2. The highest BCUT2D eigenvalue weighted by molar-refractivity contribution is 7.72. The summed E-state index contributed by atoms with van der Waals surface area (Å²) in [5.74, 6) is 1.34. The van der Waals surface area contributed by atoms with Crippen LogP contribution in [0.1, 0.15) is 72.3 Å². The highest BCUT2D eigenvalue weighted by atomic mass is 35.5. The van der Waals surface area contributed by atoms with Crippen LogP contribution in [0.4, 0.5) is 0 Å². The SMILES string of the molecule is CCCCNC(=O)[C@H](C)C[C@H](O)[C@@H](N)C[C@H](Cc1ccc(OC)c(OCCC(C)=S(=O)=O)c1)C(C)C.Cl. The first kappa shape index (κ1) is 35.2. The van der Waals surface area contributed by atoms with E-state index in [0.717, 1.165) is 24.8 Å². The maximum absolute atomic E-state index is 12.3. The molecule has 0 aliphatic rings. The molecule has 0 aromatic heterocycles. The van der Waals surface area contributed by atoms with E-state index in [1.807, 2.05) is 25.1 Å². The predicted octanol–water partition coefficient (Wildman–Crippen LogP) is 3.79. The molecular weight excluding hydrogens is 516 g/mol. The standard InChI is InChI=1S/C27H46N2O6S.ClH/c1-7-8-12-29-27(31)19(4)14-24(30)23(28)17-22(18(2)3)15-21-9-10-25(34-6)26(16-21)35-13-11-20(5)36(32)33;/h9-10,16,18-19,22-24,30H,7-8,11-15,17,28H2,1-6H3,(H,29,31);1H/t19-,22+,23+,24+;/m1./s1. The second-order valence-electron chi connectivity index (χ2n) is 9.98. The molecule has 0 heterocycles. The van der Waals surface area contributed by atoms with Gasteiger partial charge in [0.2, 0.25) is 16.2 Å². The Morgan fingerprint density at radius 1 is 1.16 bits per heavy atom. The summed E-state index contributed by atoms with van der Waals surface area (Å²) in [6.45, 7) is 10.6. The van der Waals surface area contributed by atoms with E-state index in [1.54, 1.807) is 14.0 Å². The Hall–Kier alpha value is -1.81. The topological polar surface area (TPSA) is 128 Å². The number of nitrogens with one attached hydrogen (secondary N) is 1. The number of methoxy groups -OCH3 is 1. The number of nitrogens with two attached hydrogens (primary N) is 1. The summed E-state index contributed by atoms with van der Waals surface area (Å²) < 4.78 is 33.3. The van der Waals surface area contributed by atoms with Gasteiger partial charge in [0.05, 0.1) is 19.8 Å².